The van der Waals surface area contributed by atoms with Crippen molar-refractivity contribution in [1.82, 2.24) is 0 Å². The van der Waals surface area contributed by atoms with Gasteiger partial charge in [0.15, 0.2) is 0 Å². The molecule has 0 aromatic heterocycles. The fourth-order valence-corrected chi connectivity index (χ4v) is 10.5. The predicted octanol–water partition coefficient (Wildman–Crippen LogP) is 11.7. The number of fused-ring (bicyclic) bond motifs is 4. The number of hydrogen-bond acceptors (Lipinski definition) is 3. The second-order valence-corrected chi connectivity index (χ2v) is 24.0. The van der Waals surface area contributed by atoms with Crippen LogP contribution in [0.1, 0.15) is 6.92 Å². The Bertz CT molecular complexity index is 2380. The molecule has 0 atom stereocenters. The Hall–Kier alpha value is -5.30. The summed E-state index contributed by atoms with van der Waals surface area (Å²) >= 11 is 0. The number of para-hydroxylation sites is 4. The van der Waals surface area contributed by atoms with Gasteiger partial charge in [0.1, 0.15) is 0 Å². The van der Waals surface area contributed by atoms with Crippen LogP contribution in [-0.2, 0) is 0 Å². The highest BCUT2D eigenvalue weighted by atomic mass is 32.3. The molecule has 0 N–H and O–H groups in total. The number of rotatable bonds is 8. The molecule has 0 bridgehead atoms. The minimum atomic E-state index is -0.883. The van der Waals surface area contributed by atoms with E-state index >= 15 is 0 Å². The Kier molecular flexibility index (Phi) is 8.87. The zero-order valence-corrected chi connectivity index (χ0v) is 34.2. The van der Waals surface area contributed by atoms with Crippen molar-refractivity contribution >= 4 is 94.3 Å². The fourth-order valence-electron chi connectivity index (χ4n) is 8.30. The zero-order chi connectivity index (χ0) is 37.9. The van der Waals surface area contributed by atoms with Crippen molar-refractivity contribution in [2.75, 3.05) is 51.7 Å². The summed E-state index contributed by atoms with van der Waals surface area (Å²) in [5.74, 6) is 1.16. The van der Waals surface area contributed by atoms with Crippen molar-refractivity contribution in [3.8, 4) is 0 Å². The summed E-state index contributed by atoms with van der Waals surface area (Å²) in [6.45, 7) is 2.39. The molecule has 2 aliphatic heterocycles. The third-order valence-corrected chi connectivity index (χ3v) is 16.1. The van der Waals surface area contributed by atoms with Gasteiger partial charge in [-0.3, -0.25) is 0 Å². The maximum Gasteiger partial charge on any atom is 0.252 e. The number of hydrogen-bond donors (Lipinski definition) is 0. The lowest BCUT2D eigenvalue weighted by Gasteiger charge is -2.45. The molecule has 0 aliphatic carbocycles. The SMILES string of the molecule is CCS(C)(C)c1ccc(N(c2ccc(S(C)(C)C)cc2)c2cc3c4c(c2)N(c2ccccc2)c2ccccc2B4c2ccccc2N3c2ccccc2)cc1. The molecule has 0 unspecified atom stereocenters. The van der Waals surface area contributed by atoms with E-state index in [1.165, 1.54) is 48.9 Å². The standard InChI is InChI=1S/C49H48BN3S2/c1-7-55(5,6)42-32-28-39(29-33-42)51(38-26-30-41(31-27-38)54(2,3)4)40-34-47-49-48(35-40)53(37-20-12-9-13-21-37)46-25-17-15-23-44(46)50(49)43-22-14-16-24-45(43)52(47)36-18-10-8-11-19-36/h8-35H,7H2,1-6H3. The van der Waals surface area contributed by atoms with E-state index in [2.05, 4.69) is 223 Å². The van der Waals surface area contributed by atoms with Gasteiger partial charge >= 0.3 is 0 Å². The summed E-state index contributed by atoms with van der Waals surface area (Å²) in [4.78, 5) is 10.3. The Morgan fingerprint density at radius 3 is 1.31 bits per heavy atom. The molecule has 7 aromatic rings. The Morgan fingerprint density at radius 1 is 0.455 bits per heavy atom. The van der Waals surface area contributed by atoms with Gasteiger partial charge in [-0.25, -0.2) is 20.1 Å². The lowest BCUT2D eigenvalue weighted by molar-refractivity contribution is 1.22. The molecular formula is C49H48BN3S2. The highest BCUT2D eigenvalue weighted by Gasteiger charge is 2.43. The molecule has 6 heteroatoms. The lowest BCUT2D eigenvalue weighted by Crippen LogP contribution is -2.61. The second-order valence-electron chi connectivity index (χ2n) is 15.8. The lowest BCUT2D eigenvalue weighted by atomic mass is 9.33. The van der Waals surface area contributed by atoms with E-state index in [1.54, 1.807) is 0 Å². The summed E-state index contributed by atoms with van der Waals surface area (Å²) < 4.78 is 0. The number of benzene rings is 7. The van der Waals surface area contributed by atoms with Gasteiger partial charge in [-0.05, 0) is 160 Å². The number of anilines is 9. The quantitative estimate of drug-likeness (QED) is 0.143. The summed E-state index contributed by atoms with van der Waals surface area (Å²) in [5.41, 5.74) is 14.5. The van der Waals surface area contributed by atoms with Gasteiger partial charge < -0.3 is 14.7 Å². The molecular weight excluding hydrogens is 706 g/mol. The Labute approximate surface area is 331 Å². The molecule has 0 amide bonds. The molecule has 274 valence electrons. The highest BCUT2D eigenvalue weighted by Crippen LogP contribution is 2.52. The van der Waals surface area contributed by atoms with Crippen molar-refractivity contribution in [3.05, 3.63) is 170 Å². The van der Waals surface area contributed by atoms with Crippen LogP contribution in [0.3, 0.4) is 0 Å². The molecule has 2 heterocycles. The van der Waals surface area contributed by atoms with Crippen LogP contribution in [0.15, 0.2) is 180 Å². The first-order chi connectivity index (χ1) is 26.6. The molecule has 3 nitrogen and oxygen atoms in total. The molecule has 0 radical (unpaired) electrons. The van der Waals surface area contributed by atoms with Crippen molar-refractivity contribution in [2.45, 2.75) is 16.7 Å². The summed E-state index contributed by atoms with van der Waals surface area (Å²) in [6, 6.07) is 63.4. The first-order valence-corrected chi connectivity index (χ1v) is 24.6. The van der Waals surface area contributed by atoms with Crippen molar-refractivity contribution in [1.29, 1.82) is 0 Å². The molecule has 0 fully saturated rings. The minimum Gasteiger partial charge on any atom is -0.311 e. The molecule has 55 heavy (non-hydrogen) atoms. The van der Waals surface area contributed by atoms with Gasteiger partial charge in [-0.1, -0.05) is 79.7 Å². The zero-order valence-electron chi connectivity index (χ0n) is 32.6. The largest absolute Gasteiger partial charge is 0.311 e. The van der Waals surface area contributed by atoms with Crippen LogP contribution in [0.5, 0.6) is 0 Å². The first kappa shape index (κ1) is 35.4. The van der Waals surface area contributed by atoms with Crippen molar-refractivity contribution < 1.29 is 0 Å². The third kappa shape index (κ3) is 6.12. The number of nitrogens with zero attached hydrogens (tertiary/aromatic N) is 3. The van der Waals surface area contributed by atoms with Crippen LogP contribution in [0.4, 0.5) is 51.2 Å². The summed E-state index contributed by atoms with van der Waals surface area (Å²) in [6.07, 6.45) is 11.9. The minimum absolute atomic E-state index is 0.0763. The Balaban J connectivity index is 1.36. The van der Waals surface area contributed by atoms with E-state index in [9.17, 15) is 0 Å². The molecule has 7 aromatic carbocycles. The predicted molar refractivity (Wildman–Crippen MR) is 247 cm³/mol. The van der Waals surface area contributed by atoms with Crippen molar-refractivity contribution in [3.63, 3.8) is 0 Å². The van der Waals surface area contributed by atoms with Gasteiger partial charge in [0.2, 0.25) is 0 Å². The van der Waals surface area contributed by atoms with Crippen LogP contribution >= 0.6 is 20.1 Å². The van der Waals surface area contributed by atoms with Crippen LogP contribution < -0.4 is 31.1 Å². The normalized spacial score (nSPS) is 13.8. The maximum atomic E-state index is 2.49. The molecule has 0 saturated carbocycles. The Morgan fingerprint density at radius 2 is 0.873 bits per heavy atom. The van der Waals surface area contributed by atoms with E-state index in [-0.39, 0.29) is 6.71 Å². The van der Waals surface area contributed by atoms with E-state index in [1.807, 2.05) is 0 Å². The van der Waals surface area contributed by atoms with Gasteiger partial charge in [0, 0.05) is 45.5 Å². The van der Waals surface area contributed by atoms with Crippen LogP contribution in [0.2, 0.25) is 0 Å². The van der Waals surface area contributed by atoms with E-state index in [0.717, 1.165) is 34.2 Å². The van der Waals surface area contributed by atoms with E-state index < -0.39 is 20.1 Å². The average Bonchev–Trinajstić information content (AvgIpc) is 3.21. The van der Waals surface area contributed by atoms with E-state index in [0.29, 0.717) is 0 Å². The summed E-state index contributed by atoms with van der Waals surface area (Å²) in [5, 5.41) is 0. The van der Waals surface area contributed by atoms with Gasteiger partial charge in [-0.15, -0.1) is 0 Å². The van der Waals surface area contributed by atoms with Crippen LogP contribution in [0.25, 0.3) is 0 Å². The highest BCUT2D eigenvalue weighted by molar-refractivity contribution is 8.32. The topological polar surface area (TPSA) is 9.72 Å². The second kappa shape index (κ2) is 13.8. The van der Waals surface area contributed by atoms with Gasteiger partial charge in [-0.2, -0.15) is 0 Å². The molecule has 9 rings (SSSR count). The summed E-state index contributed by atoms with van der Waals surface area (Å²) in [7, 11) is -1.76. The first-order valence-electron chi connectivity index (χ1n) is 19.1. The molecule has 2 aliphatic rings. The van der Waals surface area contributed by atoms with Crippen molar-refractivity contribution in [2.24, 2.45) is 0 Å². The average molecular weight is 754 g/mol. The van der Waals surface area contributed by atoms with Crippen LogP contribution in [-0.4, -0.2) is 43.7 Å². The van der Waals surface area contributed by atoms with Gasteiger partial charge in [0.25, 0.3) is 6.71 Å². The van der Waals surface area contributed by atoms with Crippen LogP contribution in [0, 0.1) is 0 Å². The maximum absolute atomic E-state index is 2.49. The molecule has 0 spiro atoms. The molecule has 0 saturated heterocycles. The van der Waals surface area contributed by atoms with Gasteiger partial charge in [0.05, 0.1) is 5.69 Å². The monoisotopic (exact) mass is 753 g/mol. The van der Waals surface area contributed by atoms with E-state index in [4.69, 9.17) is 0 Å². The smallest absolute Gasteiger partial charge is 0.252 e. The third-order valence-electron chi connectivity index (χ3n) is 11.4. The fraction of sp³-hybridized carbons (Fsp3) is 0.143.